The van der Waals surface area contributed by atoms with Gasteiger partial charge in [0, 0.05) is 11.5 Å². The largest absolute Gasteiger partial charge is 0.508 e. The highest BCUT2D eigenvalue weighted by Crippen LogP contribution is 2.26. The lowest BCUT2D eigenvalue weighted by atomic mass is 10.0. The first-order valence-corrected chi connectivity index (χ1v) is 6.06. The highest BCUT2D eigenvalue weighted by atomic mass is 16.3. The summed E-state index contributed by atoms with van der Waals surface area (Å²) in [5.41, 5.74) is 3.18. The van der Waals surface area contributed by atoms with Crippen LogP contribution in [0.5, 0.6) is 5.75 Å². The summed E-state index contributed by atoms with van der Waals surface area (Å²) >= 11 is 0. The zero-order valence-corrected chi connectivity index (χ0v) is 9.97. The predicted molar refractivity (Wildman–Crippen MR) is 71.7 cm³/mol. The number of aryl methyl sites for hydroxylation is 2. The molecule has 0 fully saturated rings. The molecule has 18 heavy (non-hydrogen) atoms. The Morgan fingerprint density at radius 1 is 0.944 bits per heavy atom. The van der Waals surface area contributed by atoms with E-state index in [1.807, 2.05) is 30.3 Å². The van der Waals surface area contributed by atoms with E-state index >= 15 is 0 Å². The maximum Gasteiger partial charge on any atom is 0.137 e. The minimum absolute atomic E-state index is 0.264. The molecule has 0 aliphatic heterocycles. The number of phenolic OH excluding ortho intramolecular Hbond substituents is 1. The van der Waals surface area contributed by atoms with Crippen LogP contribution < -0.4 is 0 Å². The van der Waals surface area contributed by atoms with Gasteiger partial charge < -0.3 is 9.52 Å². The normalized spacial score (nSPS) is 10.9. The van der Waals surface area contributed by atoms with Crippen molar-refractivity contribution in [2.24, 2.45) is 0 Å². The molecule has 0 aliphatic rings. The van der Waals surface area contributed by atoms with Gasteiger partial charge in [0.05, 0.1) is 6.26 Å². The number of hydrogen-bond donors (Lipinski definition) is 1. The number of fused-ring (bicyclic) bond motifs is 1. The van der Waals surface area contributed by atoms with E-state index in [9.17, 15) is 5.11 Å². The third-order valence-corrected chi connectivity index (χ3v) is 3.17. The third-order valence-electron chi connectivity index (χ3n) is 3.17. The molecule has 3 aromatic rings. The Labute approximate surface area is 105 Å². The van der Waals surface area contributed by atoms with Crippen LogP contribution in [0.3, 0.4) is 0 Å². The minimum Gasteiger partial charge on any atom is -0.508 e. The molecule has 1 N–H and O–H groups in total. The molecule has 0 saturated carbocycles. The van der Waals surface area contributed by atoms with Crippen molar-refractivity contribution in [2.75, 3.05) is 0 Å². The molecule has 90 valence electrons. The number of benzene rings is 2. The summed E-state index contributed by atoms with van der Waals surface area (Å²) in [5, 5.41) is 10.8. The number of phenols is 1. The third kappa shape index (κ3) is 2.09. The zero-order valence-electron chi connectivity index (χ0n) is 9.97. The van der Waals surface area contributed by atoms with Crippen LogP contribution in [0.25, 0.3) is 11.0 Å². The monoisotopic (exact) mass is 238 g/mol. The number of hydrogen-bond acceptors (Lipinski definition) is 2. The van der Waals surface area contributed by atoms with Crippen LogP contribution in [-0.2, 0) is 12.8 Å². The topological polar surface area (TPSA) is 33.4 Å². The maximum absolute atomic E-state index is 9.67. The van der Waals surface area contributed by atoms with Gasteiger partial charge in [0.25, 0.3) is 0 Å². The molecule has 0 unspecified atom stereocenters. The molecule has 1 heterocycles. The van der Waals surface area contributed by atoms with Gasteiger partial charge in [-0.25, -0.2) is 0 Å². The summed E-state index contributed by atoms with van der Waals surface area (Å²) < 4.78 is 5.33. The van der Waals surface area contributed by atoms with Crippen molar-refractivity contribution in [3.05, 3.63) is 65.9 Å². The minimum atomic E-state index is 0.264. The Hall–Kier alpha value is -2.22. The van der Waals surface area contributed by atoms with E-state index in [4.69, 9.17) is 4.42 Å². The summed E-state index contributed by atoms with van der Waals surface area (Å²) in [5.74, 6) is 0.264. The molecule has 0 amide bonds. The zero-order chi connectivity index (χ0) is 12.4. The van der Waals surface area contributed by atoms with Gasteiger partial charge in [0.1, 0.15) is 11.3 Å². The second kappa shape index (κ2) is 4.57. The lowest BCUT2D eigenvalue weighted by Gasteiger charge is -2.04. The van der Waals surface area contributed by atoms with Crippen molar-refractivity contribution in [3.8, 4) is 5.75 Å². The molecule has 1 aromatic heterocycles. The highest BCUT2D eigenvalue weighted by molar-refractivity contribution is 5.82. The number of furan rings is 1. The summed E-state index contributed by atoms with van der Waals surface area (Å²) in [4.78, 5) is 0. The van der Waals surface area contributed by atoms with E-state index in [0.717, 1.165) is 29.4 Å². The first-order valence-electron chi connectivity index (χ1n) is 6.06. The number of aromatic hydroxyl groups is 1. The van der Waals surface area contributed by atoms with Crippen molar-refractivity contribution in [3.63, 3.8) is 0 Å². The Morgan fingerprint density at radius 2 is 1.78 bits per heavy atom. The van der Waals surface area contributed by atoms with Gasteiger partial charge in [-0.2, -0.15) is 0 Å². The van der Waals surface area contributed by atoms with Crippen molar-refractivity contribution >= 4 is 11.0 Å². The molecule has 3 rings (SSSR count). The second-order valence-corrected chi connectivity index (χ2v) is 4.42. The van der Waals surface area contributed by atoms with Gasteiger partial charge in [-0.1, -0.05) is 30.3 Å². The molecule has 2 heteroatoms. The van der Waals surface area contributed by atoms with Crippen molar-refractivity contribution in [1.29, 1.82) is 0 Å². The van der Waals surface area contributed by atoms with Crippen LogP contribution in [0.1, 0.15) is 11.1 Å². The predicted octanol–water partition coefficient (Wildman–Crippen LogP) is 3.92. The molecular weight excluding hydrogens is 224 g/mol. The van der Waals surface area contributed by atoms with E-state index < -0.39 is 0 Å². The first kappa shape index (κ1) is 10.9. The quantitative estimate of drug-likeness (QED) is 0.750. The second-order valence-electron chi connectivity index (χ2n) is 4.42. The fourth-order valence-electron chi connectivity index (χ4n) is 2.26. The standard InChI is InChI=1S/C16H14O2/c17-14-10-13(15-8-9-18-16(15)11-14)7-6-12-4-2-1-3-5-12/h1-5,8-11,17H,6-7H2. The lowest BCUT2D eigenvalue weighted by molar-refractivity contribution is 0.473. The average molecular weight is 238 g/mol. The van der Waals surface area contributed by atoms with Crippen molar-refractivity contribution in [1.82, 2.24) is 0 Å². The maximum atomic E-state index is 9.67. The molecule has 2 nitrogen and oxygen atoms in total. The Bertz CT molecular complexity index is 653. The number of rotatable bonds is 3. The van der Waals surface area contributed by atoms with Crippen LogP contribution in [-0.4, -0.2) is 5.11 Å². The van der Waals surface area contributed by atoms with Crippen molar-refractivity contribution < 1.29 is 9.52 Å². The molecule has 0 aliphatic carbocycles. The molecule has 0 radical (unpaired) electrons. The van der Waals surface area contributed by atoms with Gasteiger partial charge in [0.2, 0.25) is 0 Å². The van der Waals surface area contributed by atoms with Gasteiger partial charge in [-0.15, -0.1) is 0 Å². The van der Waals surface area contributed by atoms with Gasteiger partial charge in [0.15, 0.2) is 0 Å². The van der Waals surface area contributed by atoms with E-state index in [2.05, 4.69) is 12.1 Å². The van der Waals surface area contributed by atoms with Crippen LogP contribution >= 0.6 is 0 Å². The Morgan fingerprint density at radius 3 is 2.61 bits per heavy atom. The average Bonchev–Trinajstić information content (AvgIpc) is 2.85. The summed E-state index contributed by atoms with van der Waals surface area (Å²) in [7, 11) is 0. The summed E-state index contributed by atoms with van der Waals surface area (Å²) in [6.45, 7) is 0. The van der Waals surface area contributed by atoms with E-state index in [1.54, 1.807) is 12.3 Å². The van der Waals surface area contributed by atoms with Gasteiger partial charge in [-0.05, 0) is 36.1 Å². The molecule has 0 saturated heterocycles. The van der Waals surface area contributed by atoms with E-state index in [0.29, 0.717) is 0 Å². The van der Waals surface area contributed by atoms with Crippen LogP contribution in [0.2, 0.25) is 0 Å². The molecule has 0 spiro atoms. The van der Waals surface area contributed by atoms with Gasteiger partial charge >= 0.3 is 0 Å². The smallest absolute Gasteiger partial charge is 0.137 e. The summed E-state index contributed by atoms with van der Waals surface area (Å²) in [6, 6.07) is 15.8. The Balaban J connectivity index is 1.88. The lowest BCUT2D eigenvalue weighted by Crippen LogP contribution is -1.91. The van der Waals surface area contributed by atoms with Gasteiger partial charge in [-0.3, -0.25) is 0 Å². The van der Waals surface area contributed by atoms with Crippen LogP contribution in [0.4, 0.5) is 0 Å². The van der Waals surface area contributed by atoms with Crippen LogP contribution in [0, 0.1) is 0 Å². The van der Waals surface area contributed by atoms with Crippen LogP contribution in [0.15, 0.2) is 59.2 Å². The van der Waals surface area contributed by atoms with E-state index in [1.165, 1.54) is 5.56 Å². The highest BCUT2D eigenvalue weighted by Gasteiger charge is 2.06. The molecule has 0 atom stereocenters. The molecular formula is C16H14O2. The first-order chi connectivity index (χ1) is 8.83. The fraction of sp³-hybridized carbons (Fsp3) is 0.125. The fourth-order valence-corrected chi connectivity index (χ4v) is 2.26. The molecule has 0 bridgehead atoms. The summed E-state index contributed by atoms with van der Waals surface area (Å²) in [6.07, 6.45) is 3.52. The SMILES string of the molecule is Oc1cc(CCc2ccccc2)c2ccoc2c1. The van der Waals surface area contributed by atoms with E-state index in [-0.39, 0.29) is 5.75 Å². The Kier molecular flexibility index (Phi) is 2.77. The van der Waals surface area contributed by atoms with Crippen molar-refractivity contribution in [2.45, 2.75) is 12.8 Å². The molecule has 2 aromatic carbocycles.